The van der Waals surface area contributed by atoms with Gasteiger partial charge in [-0.1, -0.05) is 41.4 Å². The molecule has 1 amide bonds. The molecule has 0 aliphatic heterocycles. The Morgan fingerprint density at radius 1 is 0.900 bits per heavy atom. The lowest BCUT2D eigenvalue weighted by Crippen LogP contribution is -2.29. The van der Waals surface area contributed by atoms with Gasteiger partial charge in [0.05, 0.1) is 6.54 Å². The molecule has 0 atom stereocenters. The fraction of sp³-hybridized carbons (Fsp3) is 0.0667. The summed E-state index contributed by atoms with van der Waals surface area (Å²) in [7, 11) is 0. The molecule has 1 N–H and O–H groups in total. The van der Waals surface area contributed by atoms with Crippen molar-refractivity contribution in [1.82, 2.24) is 5.32 Å². The third-order valence-electron chi connectivity index (χ3n) is 2.64. The van der Waals surface area contributed by atoms with Crippen LogP contribution in [0.3, 0.4) is 0 Å². The highest BCUT2D eigenvalue weighted by Gasteiger charge is 2.10. The van der Waals surface area contributed by atoms with E-state index in [9.17, 15) is 9.59 Å². The summed E-state index contributed by atoms with van der Waals surface area (Å²) in [5, 5.41) is 3.51. The van der Waals surface area contributed by atoms with Crippen molar-refractivity contribution in [3.63, 3.8) is 0 Å². The van der Waals surface area contributed by atoms with Gasteiger partial charge >= 0.3 is 0 Å². The molecule has 2 aromatic rings. The van der Waals surface area contributed by atoms with Gasteiger partial charge in [-0.15, -0.1) is 0 Å². The maximum Gasteiger partial charge on any atom is 0.251 e. The van der Waals surface area contributed by atoms with E-state index in [-0.39, 0.29) is 18.2 Å². The van der Waals surface area contributed by atoms with Crippen molar-refractivity contribution in [3.05, 3.63) is 69.7 Å². The van der Waals surface area contributed by atoms with Crippen LogP contribution in [0.4, 0.5) is 0 Å². The molecule has 5 heteroatoms. The summed E-state index contributed by atoms with van der Waals surface area (Å²) in [5.41, 5.74) is 0.875. The second kappa shape index (κ2) is 6.55. The topological polar surface area (TPSA) is 46.2 Å². The van der Waals surface area contributed by atoms with Crippen molar-refractivity contribution in [3.8, 4) is 0 Å². The standard InChI is InChI=1S/C15H11Cl2NO2/c16-12-5-1-3-10(7-12)14(19)9-18-15(20)11-4-2-6-13(17)8-11/h1-8H,9H2,(H,18,20). The third-order valence-corrected chi connectivity index (χ3v) is 3.11. The monoisotopic (exact) mass is 307 g/mol. The highest BCUT2D eigenvalue weighted by atomic mass is 35.5. The molecule has 0 unspecified atom stereocenters. The van der Waals surface area contributed by atoms with Crippen molar-refractivity contribution < 1.29 is 9.59 Å². The minimum atomic E-state index is -0.345. The highest BCUT2D eigenvalue weighted by Crippen LogP contribution is 2.12. The van der Waals surface area contributed by atoms with Crippen molar-refractivity contribution in [1.29, 1.82) is 0 Å². The smallest absolute Gasteiger partial charge is 0.251 e. The molecule has 0 bridgehead atoms. The Hall–Kier alpha value is -1.84. The normalized spacial score (nSPS) is 10.1. The van der Waals surface area contributed by atoms with Crippen LogP contribution in [0.2, 0.25) is 10.0 Å². The first-order valence-electron chi connectivity index (χ1n) is 5.89. The number of Topliss-reactive ketones (excluding diaryl/α,β-unsaturated/α-hetero) is 1. The average molecular weight is 308 g/mol. The van der Waals surface area contributed by atoms with Crippen molar-refractivity contribution >= 4 is 34.9 Å². The first kappa shape index (κ1) is 14.6. The van der Waals surface area contributed by atoms with Gasteiger partial charge in [-0.3, -0.25) is 9.59 Å². The first-order valence-corrected chi connectivity index (χ1v) is 6.64. The lowest BCUT2D eigenvalue weighted by Gasteiger charge is -2.05. The molecule has 0 aliphatic rings. The van der Waals surface area contributed by atoms with Gasteiger partial charge in [0, 0.05) is 21.2 Å². The summed E-state index contributed by atoms with van der Waals surface area (Å²) in [6, 6.07) is 13.1. The van der Waals surface area contributed by atoms with Crippen molar-refractivity contribution in [2.24, 2.45) is 0 Å². The number of benzene rings is 2. The number of hydrogen-bond donors (Lipinski definition) is 1. The molecule has 102 valence electrons. The van der Waals surface area contributed by atoms with Crippen LogP contribution in [0.15, 0.2) is 48.5 Å². The van der Waals surface area contributed by atoms with Gasteiger partial charge in [-0.2, -0.15) is 0 Å². The molecule has 0 radical (unpaired) electrons. The van der Waals surface area contributed by atoms with E-state index < -0.39 is 0 Å². The molecule has 0 fully saturated rings. The van der Waals surface area contributed by atoms with E-state index in [0.29, 0.717) is 21.2 Å². The molecule has 3 nitrogen and oxygen atoms in total. The Balaban J connectivity index is 1.98. The minimum Gasteiger partial charge on any atom is -0.345 e. The Labute approximate surface area is 126 Å². The predicted octanol–water partition coefficient (Wildman–Crippen LogP) is 3.61. The van der Waals surface area contributed by atoms with Gasteiger partial charge in [0.15, 0.2) is 5.78 Å². The summed E-state index contributed by atoms with van der Waals surface area (Å²) in [6.07, 6.45) is 0. The molecule has 0 spiro atoms. The van der Waals surface area contributed by atoms with Crippen LogP contribution < -0.4 is 5.32 Å². The van der Waals surface area contributed by atoms with Gasteiger partial charge in [0.1, 0.15) is 0 Å². The zero-order valence-electron chi connectivity index (χ0n) is 10.4. The highest BCUT2D eigenvalue weighted by molar-refractivity contribution is 6.31. The van der Waals surface area contributed by atoms with Crippen LogP contribution in [0.5, 0.6) is 0 Å². The van der Waals surface area contributed by atoms with Gasteiger partial charge in [0.2, 0.25) is 0 Å². The Bertz CT molecular complexity index is 598. The van der Waals surface area contributed by atoms with Crippen LogP contribution in [-0.2, 0) is 0 Å². The Morgan fingerprint density at radius 3 is 2.05 bits per heavy atom. The first-order chi connectivity index (χ1) is 9.56. The summed E-state index contributed by atoms with van der Waals surface area (Å²) >= 11 is 11.6. The average Bonchev–Trinajstić information content (AvgIpc) is 2.44. The van der Waals surface area contributed by atoms with Gasteiger partial charge < -0.3 is 5.32 Å². The van der Waals surface area contributed by atoms with Crippen LogP contribution in [0.25, 0.3) is 0 Å². The lowest BCUT2D eigenvalue weighted by molar-refractivity contribution is 0.0904. The Morgan fingerprint density at radius 2 is 1.45 bits per heavy atom. The molecule has 0 saturated carbocycles. The fourth-order valence-electron chi connectivity index (χ4n) is 1.66. The van der Waals surface area contributed by atoms with Gasteiger partial charge in [-0.05, 0) is 30.3 Å². The molecule has 0 aromatic heterocycles. The molecule has 0 saturated heterocycles. The number of carbonyl (C=O) groups is 2. The minimum absolute atomic E-state index is 0.0916. The van der Waals surface area contributed by atoms with Crippen molar-refractivity contribution in [2.75, 3.05) is 6.54 Å². The van der Waals surface area contributed by atoms with Crippen LogP contribution >= 0.6 is 23.2 Å². The number of ketones is 1. The van der Waals surface area contributed by atoms with Crippen molar-refractivity contribution in [2.45, 2.75) is 0 Å². The number of carbonyl (C=O) groups excluding carboxylic acids is 2. The molecular formula is C15H11Cl2NO2. The lowest BCUT2D eigenvalue weighted by atomic mass is 10.1. The molecule has 0 heterocycles. The maximum atomic E-state index is 11.9. The van der Waals surface area contributed by atoms with E-state index in [0.717, 1.165) is 0 Å². The van der Waals surface area contributed by atoms with Crippen LogP contribution in [0, 0.1) is 0 Å². The molecular weight excluding hydrogens is 297 g/mol. The zero-order valence-corrected chi connectivity index (χ0v) is 11.9. The van der Waals surface area contributed by atoms with Crippen LogP contribution in [0.1, 0.15) is 20.7 Å². The van der Waals surface area contributed by atoms with Gasteiger partial charge in [0.25, 0.3) is 5.91 Å². The summed E-state index contributed by atoms with van der Waals surface area (Å²) < 4.78 is 0. The molecule has 20 heavy (non-hydrogen) atoms. The predicted molar refractivity (Wildman–Crippen MR) is 79.6 cm³/mol. The van der Waals surface area contributed by atoms with Crippen LogP contribution in [-0.4, -0.2) is 18.2 Å². The number of nitrogens with one attached hydrogen (secondary N) is 1. The summed E-state index contributed by atoms with van der Waals surface area (Å²) in [4.78, 5) is 23.8. The molecule has 0 aliphatic carbocycles. The number of rotatable bonds is 4. The SMILES string of the molecule is O=C(CNC(=O)c1cccc(Cl)c1)c1cccc(Cl)c1. The molecule has 2 aromatic carbocycles. The molecule has 2 rings (SSSR count). The quantitative estimate of drug-likeness (QED) is 0.877. The second-order valence-corrected chi connectivity index (χ2v) is 5.00. The third kappa shape index (κ3) is 3.83. The fourth-order valence-corrected chi connectivity index (χ4v) is 2.04. The van der Waals surface area contributed by atoms with E-state index >= 15 is 0 Å². The number of halogens is 2. The number of amides is 1. The Kier molecular flexibility index (Phi) is 4.77. The summed E-state index contributed by atoms with van der Waals surface area (Å²) in [5.74, 6) is -0.550. The van der Waals surface area contributed by atoms with E-state index in [4.69, 9.17) is 23.2 Å². The zero-order chi connectivity index (χ0) is 14.5. The second-order valence-electron chi connectivity index (χ2n) is 4.13. The maximum absolute atomic E-state index is 11.9. The van der Waals surface area contributed by atoms with E-state index in [2.05, 4.69) is 5.32 Å². The number of hydrogen-bond acceptors (Lipinski definition) is 2. The van der Waals surface area contributed by atoms with E-state index in [1.54, 1.807) is 48.5 Å². The van der Waals surface area contributed by atoms with E-state index in [1.807, 2.05) is 0 Å². The largest absolute Gasteiger partial charge is 0.345 e. The summed E-state index contributed by atoms with van der Waals surface area (Å²) in [6.45, 7) is -0.0916. The van der Waals surface area contributed by atoms with Gasteiger partial charge in [-0.25, -0.2) is 0 Å². The van der Waals surface area contributed by atoms with E-state index in [1.165, 1.54) is 0 Å².